The summed E-state index contributed by atoms with van der Waals surface area (Å²) in [5, 5.41) is 12.5. The van der Waals surface area contributed by atoms with Crippen LogP contribution in [0.5, 0.6) is 5.75 Å². The van der Waals surface area contributed by atoms with E-state index in [-0.39, 0.29) is 38.3 Å². The van der Waals surface area contributed by atoms with Crippen molar-refractivity contribution in [2.75, 3.05) is 14.2 Å². The van der Waals surface area contributed by atoms with E-state index >= 15 is 0 Å². The molecular weight excluding hydrogens is 572 g/mol. The summed E-state index contributed by atoms with van der Waals surface area (Å²) in [4.78, 5) is 31.3. The van der Waals surface area contributed by atoms with Crippen molar-refractivity contribution >= 4 is 44.9 Å². The minimum Gasteiger partial charge on any atom is -0.496 e. The summed E-state index contributed by atoms with van der Waals surface area (Å²) in [6, 6.07) is 10.8. The van der Waals surface area contributed by atoms with E-state index in [1.807, 2.05) is 19.2 Å². The molecule has 11 heteroatoms. The maximum absolute atomic E-state index is 14.6. The van der Waals surface area contributed by atoms with Crippen LogP contribution in [0.4, 0.5) is 8.78 Å². The molecule has 0 atom stereocenters. The van der Waals surface area contributed by atoms with Crippen LogP contribution in [0.3, 0.4) is 0 Å². The fraction of sp³-hybridized carbons (Fsp3) is 0.300. The summed E-state index contributed by atoms with van der Waals surface area (Å²) in [6.45, 7) is 0.150. The second-order valence-corrected chi connectivity index (χ2v) is 11.4. The average molecular weight is 600 g/mol. The molecule has 7 nitrogen and oxygen atoms in total. The van der Waals surface area contributed by atoms with Gasteiger partial charge in [-0.05, 0) is 80.3 Å². The van der Waals surface area contributed by atoms with Gasteiger partial charge in [-0.3, -0.25) is 4.79 Å². The van der Waals surface area contributed by atoms with Crippen LogP contribution < -0.4 is 10.1 Å². The number of benzene rings is 2. The molecule has 0 bridgehead atoms. The van der Waals surface area contributed by atoms with Crippen LogP contribution in [0.15, 0.2) is 48.7 Å². The molecule has 214 valence electrons. The van der Waals surface area contributed by atoms with Gasteiger partial charge in [0.05, 0.1) is 22.2 Å². The van der Waals surface area contributed by atoms with Crippen LogP contribution in [0.2, 0.25) is 5.02 Å². The Kier molecular flexibility index (Phi) is 8.53. The molecule has 1 fully saturated rings. The van der Waals surface area contributed by atoms with Crippen molar-refractivity contribution < 1.29 is 28.2 Å². The average Bonchev–Trinajstić information content (AvgIpc) is 3.35. The molecule has 1 amide bonds. The van der Waals surface area contributed by atoms with Crippen LogP contribution in [0, 0.1) is 11.6 Å². The Morgan fingerprint density at radius 3 is 2.46 bits per heavy atom. The first-order chi connectivity index (χ1) is 19.7. The smallest absolute Gasteiger partial charge is 0.354 e. The maximum Gasteiger partial charge on any atom is 0.354 e. The third-order valence-electron chi connectivity index (χ3n) is 7.62. The van der Waals surface area contributed by atoms with Crippen LogP contribution >= 0.6 is 22.9 Å². The molecule has 2 aromatic heterocycles. The number of thiophene rings is 1. The number of methoxy groups -OCH3 is 1. The van der Waals surface area contributed by atoms with E-state index in [1.54, 1.807) is 17.0 Å². The molecule has 2 heterocycles. The van der Waals surface area contributed by atoms with Crippen molar-refractivity contribution in [3.63, 3.8) is 0 Å². The highest BCUT2D eigenvalue weighted by Gasteiger charge is 2.33. The highest BCUT2D eigenvalue weighted by atomic mass is 35.5. The van der Waals surface area contributed by atoms with Crippen molar-refractivity contribution in [1.29, 1.82) is 0 Å². The number of carboxylic acid groups (broad SMARTS) is 1. The van der Waals surface area contributed by atoms with E-state index in [9.17, 15) is 23.5 Å². The minimum absolute atomic E-state index is 0.00342. The number of ether oxygens (including phenoxy) is 1. The normalized spacial score (nSPS) is 17.0. The van der Waals surface area contributed by atoms with Gasteiger partial charge in [0.15, 0.2) is 0 Å². The fourth-order valence-corrected chi connectivity index (χ4v) is 6.91. The number of rotatable bonds is 8. The number of pyridine rings is 1. The molecule has 0 radical (unpaired) electrons. The molecule has 4 aromatic rings. The number of aromatic nitrogens is 1. The van der Waals surface area contributed by atoms with Crippen LogP contribution in [0.1, 0.15) is 51.4 Å². The lowest BCUT2D eigenvalue weighted by Crippen LogP contribution is -2.44. The van der Waals surface area contributed by atoms with Crippen molar-refractivity contribution in [2.45, 2.75) is 44.3 Å². The first-order valence-electron chi connectivity index (χ1n) is 13.1. The van der Waals surface area contributed by atoms with Gasteiger partial charge in [0.25, 0.3) is 5.91 Å². The van der Waals surface area contributed by atoms with Crippen molar-refractivity contribution in [3.05, 3.63) is 81.5 Å². The molecular formula is C30H28ClF2N3O4S. The lowest BCUT2D eigenvalue weighted by molar-refractivity contribution is 0.0604. The van der Waals surface area contributed by atoms with Crippen molar-refractivity contribution in [3.8, 4) is 16.9 Å². The third-order valence-corrected chi connectivity index (χ3v) is 9.29. The maximum atomic E-state index is 14.6. The molecule has 41 heavy (non-hydrogen) atoms. The monoisotopic (exact) mass is 599 g/mol. The number of carboxylic acids is 1. The Labute approximate surface area is 244 Å². The molecule has 0 spiro atoms. The van der Waals surface area contributed by atoms with Gasteiger partial charge >= 0.3 is 5.97 Å². The topological polar surface area (TPSA) is 91.8 Å². The number of aromatic carboxylic acids is 1. The van der Waals surface area contributed by atoms with Crippen LogP contribution in [-0.4, -0.2) is 53.1 Å². The Bertz CT molecular complexity index is 1620. The largest absolute Gasteiger partial charge is 0.496 e. The van der Waals surface area contributed by atoms with Gasteiger partial charge in [-0.1, -0.05) is 17.7 Å². The zero-order valence-corrected chi connectivity index (χ0v) is 24.0. The number of nitrogens with one attached hydrogen (secondary N) is 1. The molecule has 0 saturated heterocycles. The highest BCUT2D eigenvalue weighted by Crippen LogP contribution is 2.40. The zero-order chi connectivity index (χ0) is 29.3. The second-order valence-electron chi connectivity index (χ2n) is 9.97. The van der Waals surface area contributed by atoms with Gasteiger partial charge in [-0.15, -0.1) is 11.3 Å². The summed E-state index contributed by atoms with van der Waals surface area (Å²) in [5.74, 6) is -2.33. The van der Waals surface area contributed by atoms with Crippen molar-refractivity contribution in [1.82, 2.24) is 15.2 Å². The summed E-state index contributed by atoms with van der Waals surface area (Å²) in [7, 11) is 3.45. The Morgan fingerprint density at radius 2 is 1.80 bits per heavy atom. The third kappa shape index (κ3) is 5.77. The van der Waals surface area contributed by atoms with E-state index in [0.717, 1.165) is 54.7 Å². The Balaban J connectivity index is 1.56. The lowest BCUT2D eigenvalue weighted by Gasteiger charge is -2.37. The van der Waals surface area contributed by atoms with Gasteiger partial charge in [0, 0.05) is 30.4 Å². The highest BCUT2D eigenvalue weighted by molar-refractivity contribution is 7.21. The lowest BCUT2D eigenvalue weighted by atomic mass is 9.89. The Hall–Kier alpha value is -3.60. The summed E-state index contributed by atoms with van der Waals surface area (Å²) in [6.07, 6.45) is 4.62. The number of hydrogen-bond donors (Lipinski definition) is 2. The quantitative estimate of drug-likeness (QED) is 0.232. The predicted octanol–water partition coefficient (Wildman–Crippen LogP) is 6.77. The molecule has 0 unspecified atom stereocenters. The number of amides is 1. The van der Waals surface area contributed by atoms with Crippen molar-refractivity contribution in [2.24, 2.45) is 0 Å². The first kappa shape index (κ1) is 28.9. The Morgan fingerprint density at radius 1 is 1.10 bits per heavy atom. The number of nitrogens with zero attached hydrogens (tertiary/aromatic N) is 2. The predicted molar refractivity (Wildman–Crippen MR) is 155 cm³/mol. The van der Waals surface area contributed by atoms with Gasteiger partial charge in [0.1, 0.15) is 28.0 Å². The molecule has 5 rings (SSSR count). The number of fused-ring (bicyclic) bond motifs is 1. The summed E-state index contributed by atoms with van der Waals surface area (Å²) in [5.41, 5.74) is 1.97. The number of carbonyl (C=O) groups is 2. The molecule has 2 aromatic carbocycles. The van der Waals surface area contributed by atoms with E-state index in [0.29, 0.717) is 22.9 Å². The van der Waals surface area contributed by atoms with Crippen LogP contribution in [-0.2, 0) is 6.54 Å². The number of halogens is 3. The van der Waals surface area contributed by atoms with Crippen LogP contribution in [0.25, 0.3) is 21.2 Å². The minimum atomic E-state index is -1.14. The molecule has 0 aliphatic heterocycles. The van der Waals surface area contributed by atoms with E-state index in [1.165, 1.54) is 19.4 Å². The standard InChI is InChI=1S/C30H28ClF2N3O4S/c1-34-19-4-6-20(7-5-19)36(29(37)28-26(31)25-21(32)8-9-22(33)27(25)41-28)15-18-13-16(3-10-24(18)40-2)17-11-12-35-23(14-17)30(38)39/h3,8-14,19-20,34H,4-7,15H2,1-2H3,(H,38,39)/t19-,20-. The molecule has 1 aliphatic carbocycles. The second kappa shape index (κ2) is 12.1. The van der Waals surface area contributed by atoms with Gasteiger partial charge in [-0.25, -0.2) is 18.6 Å². The van der Waals surface area contributed by atoms with E-state index in [4.69, 9.17) is 16.3 Å². The van der Waals surface area contributed by atoms with Gasteiger partial charge in [0.2, 0.25) is 0 Å². The summed E-state index contributed by atoms with van der Waals surface area (Å²) >= 11 is 7.38. The van der Waals surface area contributed by atoms with E-state index < -0.39 is 23.5 Å². The van der Waals surface area contributed by atoms with E-state index in [2.05, 4.69) is 10.3 Å². The number of hydrogen-bond acceptors (Lipinski definition) is 6. The SMILES string of the molecule is CN[C@H]1CC[C@H](N(Cc2cc(-c3ccnc(C(=O)O)c3)ccc2OC)C(=O)c2sc3c(F)ccc(F)c3c2Cl)CC1. The van der Waals surface area contributed by atoms with Gasteiger partial charge < -0.3 is 20.1 Å². The molecule has 2 N–H and O–H groups in total. The molecule has 1 aliphatic rings. The zero-order valence-electron chi connectivity index (χ0n) is 22.4. The summed E-state index contributed by atoms with van der Waals surface area (Å²) < 4.78 is 34.9. The molecule has 1 saturated carbocycles. The fourth-order valence-electron chi connectivity index (χ4n) is 5.40. The first-order valence-corrected chi connectivity index (χ1v) is 14.3. The number of carbonyl (C=O) groups excluding carboxylic acids is 1. The van der Waals surface area contributed by atoms with Gasteiger partial charge in [-0.2, -0.15) is 0 Å².